The van der Waals surface area contributed by atoms with E-state index in [0.717, 1.165) is 22.7 Å². The average molecular weight is 314 g/mol. The molecule has 0 aliphatic carbocycles. The monoisotopic (exact) mass is 313 g/mol. The minimum atomic E-state index is -0.313. The van der Waals surface area contributed by atoms with Crippen LogP contribution in [-0.4, -0.2) is 13.7 Å². The van der Waals surface area contributed by atoms with E-state index in [1.807, 2.05) is 11.4 Å². The predicted molar refractivity (Wildman–Crippen MR) is 82.4 cm³/mol. The van der Waals surface area contributed by atoms with Crippen LogP contribution in [0.2, 0.25) is 5.02 Å². The molecule has 0 amide bonds. The summed E-state index contributed by atoms with van der Waals surface area (Å²) >= 11 is 7.76. The van der Waals surface area contributed by atoms with Crippen LogP contribution in [0.15, 0.2) is 29.6 Å². The fourth-order valence-corrected chi connectivity index (χ4v) is 3.32. The number of rotatable bonds is 6. The lowest BCUT2D eigenvalue weighted by molar-refractivity contribution is 0.403. The Kier molecular flexibility index (Phi) is 5.40. The highest BCUT2D eigenvalue weighted by molar-refractivity contribution is 7.10. The third-order valence-corrected chi connectivity index (χ3v) is 4.45. The summed E-state index contributed by atoms with van der Waals surface area (Å²) in [5.41, 5.74) is 0.925. The van der Waals surface area contributed by atoms with Gasteiger partial charge in [-0.05, 0) is 42.1 Å². The Morgan fingerprint density at radius 2 is 2.20 bits per heavy atom. The summed E-state index contributed by atoms with van der Waals surface area (Å²) in [7, 11) is 1.67. The van der Waals surface area contributed by atoms with E-state index in [4.69, 9.17) is 16.3 Å². The zero-order chi connectivity index (χ0) is 14.5. The Morgan fingerprint density at radius 1 is 1.40 bits per heavy atom. The third-order valence-electron chi connectivity index (χ3n) is 3.08. The van der Waals surface area contributed by atoms with E-state index in [1.165, 1.54) is 12.1 Å². The van der Waals surface area contributed by atoms with Gasteiger partial charge in [-0.3, -0.25) is 0 Å². The molecule has 108 valence electrons. The molecule has 1 aromatic carbocycles. The molecule has 2 nitrogen and oxygen atoms in total. The number of thiophene rings is 1. The van der Waals surface area contributed by atoms with Crippen LogP contribution in [-0.2, 0) is 6.42 Å². The SMILES string of the molecule is CCNC(Cc1ccc(F)cc1Cl)c1sccc1OC. The summed E-state index contributed by atoms with van der Waals surface area (Å²) in [6.07, 6.45) is 0.698. The molecule has 0 saturated heterocycles. The minimum Gasteiger partial charge on any atom is -0.496 e. The molecule has 0 spiro atoms. The van der Waals surface area contributed by atoms with E-state index in [2.05, 4.69) is 12.2 Å². The van der Waals surface area contributed by atoms with Crippen LogP contribution in [0.4, 0.5) is 4.39 Å². The van der Waals surface area contributed by atoms with Gasteiger partial charge in [0.2, 0.25) is 0 Å². The Labute approximate surface area is 127 Å². The van der Waals surface area contributed by atoms with Crippen molar-refractivity contribution in [1.82, 2.24) is 5.32 Å². The number of benzene rings is 1. The fraction of sp³-hybridized carbons (Fsp3) is 0.333. The van der Waals surface area contributed by atoms with E-state index < -0.39 is 0 Å². The second-order valence-electron chi connectivity index (χ2n) is 4.40. The standard InChI is InChI=1S/C15H17ClFNOS/c1-3-18-13(15-14(19-2)6-7-20-15)8-10-4-5-11(17)9-12(10)16/h4-7,9,13,18H,3,8H2,1-2H3. The summed E-state index contributed by atoms with van der Waals surface area (Å²) in [5, 5.41) is 5.89. The second-order valence-corrected chi connectivity index (χ2v) is 5.76. The smallest absolute Gasteiger partial charge is 0.134 e. The maximum atomic E-state index is 13.1. The molecule has 1 N–H and O–H groups in total. The van der Waals surface area contributed by atoms with Crippen molar-refractivity contribution in [3.63, 3.8) is 0 Å². The highest BCUT2D eigenvalue weighted by Gasteiger charge is 2.18. The number of likely N-dealkylation sites (N-methyl/N-ethyl adjacent to an activating group) is 1. The average Bonchev–Trinajstić information content (AvgIpc) is 2.89. The van der Waals surface area contributed by atoms with Crippen LogP contribution < -0.4 is 10.1 Å². The zero-order valence-corrected chi connectivity index (χ0v) is 13.0. The van der Waals surface area contributed by atoms with Gasteiger partial charge in [0.25, 0.3) is 0 Å². The molecule has 0 saturated carbocycles. The first kappa shape index (κ1) is 15.3. The summed E-state index contributed by atoms with van der Waals surface area (Å²) in [4.78, 5) is 1.13. The second kappa shape index (κ2) is 7.07. The highest BCUT2D eigenvalue weighted by atomic mass is 35.5. The molecule has 0 bridgehead atoms. The van der Waals surface area contributed by atoms with Gasteiger partial charge < -0.3 is 10.1 Å². The molecule has 0 aliphatic rings. The molecule has 0 radical (unpaired) electrons. The van der Waals surface area contributed by atoms with Crippen LogP contribution in [0.3, 0.4) is 0 Å². The lowest BCUT2D eigenvalue weighted by atomic mass is 10.0. The maximum absolute atomic E-state index is 13.1. The zero-order valence-electron chi connectivity index (χ0n) is 11.5. The number of nitrogens with one attached hydrogen (secondary N) is 1. The Balaban J connectivity index is 2.25. The molecule has 0 fully saturated rings. The number of ether oxygens (including phenoxy) is 1. The Morgan fingerprint density at radius 3 is 2.85 bits per heavy atom. The van der Waals surface area contributed by atoms with Crippen molar-refractivity contribution in [2.45, 2.75) is 19.4 Å². The first-order valence-electron chi connectivity index (χ1n) is 6.44. The van der Waals surface area contributed by atoms with Crippen LogP contribution >= 0.6 is 22.9 Å². The van der Waals surface area contributed by atoms with Crippen LogP contribution in [0.1, 0.15) is 23.4 Å². The molecule has 1 unspecified atom stereocenters. The van der Waals surface area contributed by atoms with Crippen molar-refractivity contribution in [3.8, 4) is 5.75 Å². The van der Waals surface area contributed by atoms with Crippen molar-refractivity contribution < 1.29 is 9.13 Å². The molecule has 20 heavy (non-hydrogen) atoms. The van der Waals surface area contributed by atoms with Crippen molar-refractivity contribution in [2.24, 2.45) is 0 Å². The molecule has 2 rings (SSSR count). The van der Waals surface area contributed by atoms with Gasteiger partial charge in [-0.15, -0.1) is 11.3 Å². The molecular weight excluding hydrogens is 297 g/mol. The van der Waals surface area contributed by atoms with Crippen LogP contribution in [0, 0.1) is 5.82 Å². The summed E-state index contributed by atoms with van der Waals surface area (Å²) in [5.74, 6) is 0.562. The van der Waals surface area contributed by atoms with Crippen molar-refractivity contribution in [2.75, 3.05) is 13.7 Å². The number of hydrogen-bond donors (Lipinski definition) is 1. The van der Waals surface area contributed by atoms with Crippen molar-refractivity contribution in [1.29, 1.82) is 0 Å². The maximum Gasteiger partial charge on any atom is 0.134 e. The van der Waals surface area contributed by atoms with Crippen molar-refractivity contribution in [3.05, 3.63) is 50.9 Å². The van der Waals surface area contributed by atoms with Gasteiger partial charge in [0.05, 0.1) is 12.0 Å². The predicted octanol–water partition coefficient (Wildman–Crippen LogP) is 4.44. The molecule has 5 heteroatoms. The van der Waals surface area contributed by atoms with Crippen LogP contribution in [0.5, 0.6) is 5.75 Å². The lowest BCUT2D eigenvalue weighted by Gasteiger charge is -2.18. The summed E-state index contributed by atoms with van der Waals surface area (Å²) in [6.45, 7) is 2.89. The minimum absolute atomic E-state index is 0.109. The van der Waals surface area contributed by atoms with Gasteiger partial charge >= 0.3 is 0 Å². The fourth-order valence-electron chi connectivity index (χ4n) is 2.14. The number of halogens is 2. The van der Waals surface area contributed by atoms with Gasteiger partial charge in [0, 0.05) is 11.1 Å². The molecule has 0 aliphatic heterocycles. The Bertz CT molecular complexity index is 573. The van der Waals surface area contributed by atoms with Gasteiger partial charge in [-0.25, -0.2) is 4.39 Å². The van der Waals surface area contributed by atoms with Gasteiger partial charge in [-0.1, -0.05) is 24.6 Å². The first-order valence-corrected chi connectivity index (χ1v) is 7.70. The van der Waals surface area contributed by atoms with E-state index in [0.29, 0.717) is 11.4 Å². The largest absolute Gasteiger partial charge is 0.496 e. The van der Waals surface area contributed by atoms with E-state index in [9.17, 15) is 4.39 Å². The normalized spacial score (nSPS) is 12.4. The topological polar surface area (TPSA) is 21.3 Å². The summed E-state index contributed by atoms with van der Waals surface area (Å²) in [6, 6.07) is 6.60. The molecule has 1 atom stereocenters. The van der Waals surface area contributed by atoms with E-state index in [1.54, 1.807) is 24.5 Å². The third kappa shape index (κ3) is 3.51. The van der Waals surface area contributed by atoms with E-state index >= 15 is 0 Å². The Hall–Kier alpha value is -1.10. The molecule has 2 aromatic rings. The number of methoxy groups -OCH3 is 1. The summed E-state index contributed by atoms with van der Waals surface area (Å²) < 4.78 is 18.5. The van der Waals surface area contributed by atoms with Gasteiger partial charge in [0.1, 0.15) is 11.6 Å². The number of hydrogen-bond acceptors (Lipinski definition) is 3. The molecule has 1 aromatic heterocycles. The molecule has 1 heterocycles. The van der Waals surface area contributed by atoms with Gasteiger partial charge in [-0.2, -0.15) is 0 Å². The van der Waals surface area contributed by atoms with E-state index in [-0.39, 0.29) is 11.9 Å². The quantitative estimate of drug-likeness (QED) is 0.851. The van der Waals surface area contributed by atoms with Gasteiger partial charge in [0.15, 0.2) is 0 Å². The van der Waals surface area contributed by atoms with Crippen molar-refractivity contribution >= 4 is 22.9 Å². The molecular formula is C15H17ClFNOS. The van der Waals surface area contributed by atoms with Crippen LogP contribution in [0.25, 0.3) is 0 Å². The first-order chi connectivity index (χ1) is 9.65. The lowest BCUT2D eigenvalue weighted by Crippen LogP contribution is -2.22. The highest BCUT2D eigenvalue weighted by Crippen LogP contribution is 2.34.